The first-order valence-electron chi connectivity index (χ1n) is 5.20. The van der Waals surface area contributed by atoms with Crippen molar-refractivity contribution in [2.45, 2.75) is 6.61 Å². The summed E-state index contributed by atoms with van der Waals surface area (Å²) in [5, 5.41) is 11.5. The van der Waals surface area contributed by atoms with Crippen molar-refractivity contribution in [1.29, 1.82) is 5.41 Å². The van der Waals surface area contributed by atoms with E-state index in [0.29, 0.717) is 17.9 Å². The summed E-state index contributed by atoms with van der Waals surface area (Å²) in [6, 6.07) is 7.24. The van der Waals surface area contributed by atoms with E-state index in [1.807, 2.05) is 25.4 Å². The second-order valence-corrected chi connectivity index (χ2v) is 3.72. The number of nitrogen functional groups attached to an aromatic ring is 1. The molecule has 2 aromatic rings. The third-order valence-corrected chi connectivity index (χ3v) is 2.33. The number of nitrogens with two attached hydrogens (primary N) is 1. The van der Waals surface area contributed by atoms with Gasteiger partial charge in [-0.05, 0) is 12.1 Å². The van der Waals surface area contributed by atoms with Gasteiger partial charge in [0.2, 0.25) is 0 Å². The minimum absolute atomic E-state index is 0.00628. The van der Waals surface area contributed by atoms with Gasteiger partial charge >= 0.3 is 0 Å². The Labute approximate surface area is 99.3 Å². The highest BCUT2D eigenvalue weighted by Crippen LogP contribution is 2.18. The van der Waals surface area contributed by atoms with Crippen molar-refractivity contribution in [3.05, 3.63) is 47.8 Å². The minimum Gasteiger partial charge on any atom is -0.488 e. The summed E-state index contributed by atoms with van der Waals surface area (Å²) in [7, 11) is 1.85. The maximum Gasteiger partial charge on any atom is 0.130 e. The van der Waals surface area contributed by atoms with Gasteiger partial charge in [0, 0.05) is 18.8 Å². The highest BCUT2D eigenvalue weighted by molar-refractivity contribution is 5.97. The van der Waals surface area contributed by atoms with Gasteiger partial charge in [-0.2, -0.15) is 5.10 Å². The van der Waals surface area contributed by atoms with Crippen LogP contribution in [0, 0.1) is 5.41 Å². The van der Waals surface area contributed by atoms with Crippen molar-refractivity contribution < 1.29 is 4.74 Å². The zero-order valence-corrected chi connectivity index (χ0v) is 9.55. The molecule has 0 unspecified atom stereocenters. The molecule has 0 saturated carbocycles. The van der Waals surface area contributed by atoms with Crippen LogP contribution in [-0.2, 0) is 13.7 Å². The molecule has 0 amide bonds. The van der Waals surface area contributed by atoms with Crippen LogP contribution < -0.4 is 10.5 Å². The molecule has 0 aliphatic carbocycles. The average molecular weight is 230 g/mol. The maximum atomic E-state index is 7.44. The van der Waals surface area contributed by atoms with Crippen LogP contribution >= 0.6 is 0 Å². The smallest absolute Gasteiger partial charge is 0.130 e. The van der Waals surface area contributed by atoms with Crippen molar-refractivity contribution in [1.82, 2.24) is 9.78 Å². The SMILES string of the molecule is Cn1cc(COc2ccccc2C(=N)N)cn1. The van der Waals surface area contributed by atoms with Crippen molar-refractivity contribution >= 4 is 5.84 Å². The molecule has 1 aromatic heterocycles. The van der Waals surface area contributed by atoms with Crippen molar-refractivity contribution in [2.75, 3.05) is 0 Å². The van der Waals surface area contributed by atoms with E-state index in [-0.39, 0.29) is 5.84 Å². The largest absolute Gasteiger partial charge is 0.488 e. The van der Waals surface area contributed by atoms with Crippen LogP contribution in [0.3, 0.4) is 0 Å². The van der Waals surface area contributed by atoms with Gasteiger partial charge in [0.05, 0.1) is 11.8 Å². The quantitative estimate of drug-likeness (QED) is 0.613. The predicted molar refractivity (Wildman–Crippen MR) is 65.0 cm³/mol. The molecular formula is C12H14N4O. The third-order valence-electron chi connectivity index (χ3n) is 2.33. The van der Waals surface area contributed by atoms with E-state index < -0.39 is 0 Å². The Morgan fingerprint density at radius 1 is 1.47 bits per heavy atom. The molecule has 88 valence electrons. The number of benzene rings is 1. The first-order chi connectivity index (χ1) is 8.16. The van der Waals surface area contributed by atoms with Gasteiger partial charge in [0.15, 0.2) is 0 Å². The van der Waals surface area contributed by atoms with E-state index >= 15 is 0 Å². The number of aromatic nitrogens is 2. The monoisotopic (exact) mass is 230 g/mol. The molecule has 0 atom stereocenters. The van der Waals surface area contributed by atoms with Gasteiger partial charge in [-0.3, -0.25) is 10.1 Å². The molecule has 0 spiro atoms. The lowest BCUT2D eigenvalue weighted by Crippen LogP contribution is -2.12. The highest BCUT2D eigenvalue weighted by Gasteiger charge is 2.06. The van der Waals surface area contributed by atoms with Gasteiger partial charge in [-0.1, -0.05) is 12.1 Å². The highest BCUT2D eigenvalue weighted by atomic mass is 16.5. The second-order valence-electron chi connectivity index (χ2n) is 3.72. The lowest BCUT2D eigenvalue weighted by atomic mass is 10.2. The van der Waals surface area contributed by atoms with Crippen LogP contribution in [0.25, 0.3) is 0 Å². The topological polar surface area (TPSA) is 76.9 Å². The van der Waals surface area contributed by atoms with Crippen LogP contribution in [0.5, 0.6) is 5.75 Å². The molecule has 17 heavy (non-hydrogen) atoms. The second kappa shape index (κ2) is 4.69. The molecule has 0 saturated heterocycles. The maximum absolute atomic E-state index is 7.44. The summed E-state index contributed by atoms with van der Waals surface area (Å²) in [4.78, 5) is 0. The summed E-state index contributed by atoms with van der Waals surface area (Å²) < 4.78 is 7.34. The molecule has 0 aliphatic heterocycles. The molecule has 2 rings (SSSR count). The molecule has 0 bridgehead atoms. The van der Waals surface area contributed by atoms with E-state index in [4.69, 9.17) is 15.9 Å². The Bertz CT molecular complexity index is 533. The van der Waals surface area contributed by atoms with E-state index in [1.54, 1.807) is 23.0 Å². The molecule has 5 heteroatoms. The Morgan fingerprint density at radius 3 is 2.88 bits per heavy atom. The summed E-state index contributed by atoms with van der Waals surface area (Å²) >= 11 is 0. The Balaban J connectivity index is 2.11. The van der Waals surface area contributed by atoms with Gasteiger partial charge < -0.3 is 10.5 Å². The van der Waals surface area contributed by atoms with E-state index in [1.165, 1.54) is 0 Å². The molecule has 5 nitrogen and oxygen atoms in total. The summed E-state index contributed by atoms with van der Waals surface area (Å²) in [6.07, 6.45) is 3.63. The fraction of sp³-hybridized carbons (Fsp3) is 0.167. The average Bonchev–Trinajstić information content (AvgIpc) is 2.73. The molecule has 0 fully saturated rings. The molecule has 1 aromatic carbocycles. The Morgan fingerprint density at radius 2 is 2.24 bits per heavy atom. The van der Waals surface area contributed by atoms with Crippen LogP contribution in [0.1, 0.15) is 11.1 Å². The van der Waals surface area contributed by atoms with Crippen LogP contribution in [-0.4, -0.2) is 15.6 Å². The number of amidine groups is 1. The Hall–Kier alpha value is -2.30. The normalized spacial score (nSPS) is 10.2. The van der Waals surface area contributed by atoms with Gasteiger partial charge in [-0.25, -0.2) is 0 Å². The van der Waals surface area contributed by atoms with Crippen molar-refractivity contribution in [3.8, 4) is 5.75 Å². The van der Waals surface area contributed by atoms with Gasteiger partial charge in [0.1, 0.15) is 18.2 Å². The molecule has 0 aliphatic rings. The van der Waals surface area contributed by atoms with Gasteiger partial charge in [0.25, 0.3) is 0 Å². The van der Waals surface area contributed by atoms with E-state index in [9.17, 15) is 0 Å². The molecular weight excluding hydrogens is 216 g/mol. The summed E-state index contributed by atoms with van der Waals surface area (Å²) in [6.45, 7) is 0.415. The first kappa shape index (κ1) is 11.2. The van der Waals surface area contributed by atoms with Crippen LogP contribution in [0.4, 0.5) is 0 Å². The summed E-state index contributed by atoms with van der Waals surface area (Å²) in [5.41, 5.74) is 7.06. The predicted octanol–water partition coefficient (Wildman–Crippen LogP) is 1.28. The zero-order valence-electron chi connectivity index (χ0n) is 9.55. The number of nitrogens with zero attached hydrogens (tertiary/aromatic N) is 2. The Kier molecular flexibility index (Phi) is 3.09. The molecule has 3 N–H and O–H groups in total. The van der Waals surface area contributed by atoms with E-state index in [0.717, 1.165) is 5.56 Å². The fourth-order valence-corrected chi connectivity index (χ4v) is 1.52. The third kappa shape index (κ3) is 2.63. The number of ether oxygens (including phenoxy) is 1. The zero-order chi connectivity index (χ0) is 12.3. The molecule has 1 heterocycles. The van der Waals surface area contributed by atoms with E-state index in [2.05, 4.69) is 5.10 Å². The molecule has 0 radical (unpaired) electrons. The number of rotatable bonds is 4. The number of nitrogens with one attached hydrogen (secondary N) is 1. The lowest BCUT2D eigenvalue weighted by Gasteiger charge is -2.09. The van der Waals surface area contributed by atoms with Crippen molar-refractivity contribution in [3.63, 3.8) is 0 Å². The standard InChI is InChI=1S/C12H14N4O/c1-16-7-9(6-15-16)8-17-11-5-3-2-4-10(11)12(13)14/h2-7H,8H2,1H3,(H3,13,14). The van der Waals surface area contributed by atoms with Crippen LogP contribution in [0.15, 0.2) is 36.7 Å². The number of hydrogen-bond donors (Lipinski definition) is 2. The van der Waals surface area contributed by atoms with Crippen LogP contribution in [0.2, 0.25) is 0 Å². The van der Waals surface area contributed by atoms with Gasteiger partial charge in [-0.15, -0.1) is 0 Å². The fourth-order valence-electron chi connectivity index (χ4n) is 1.52. The number of hydrogen-bond acceptors (Lipinski definition) is 3. The number of aryl methyl sites for hydroxylation is 1. The van der Waals surface area contributed by atoms with Crippen molar-refractivity contribution in [2.24, 2.45) is 12.8 Å². The lowest BCUT2D eigenvalue weighted by molar-refractivity contribution is 0.305. The summed E-state index contributed by atoms with van der Waals surface area (Å²) in [5.74, 6) is 0.621. The minimum atomic E-state index is 0.00628. The number of para-hydroxylation sites is 1. The first-order valence-corrected chi connectivity index (χ1v) is 5.20.